The fourth-order valence-electron chi connectivity index (χ4n) is 3.03. The minimum absolute atomic E-state index is 0.100. The zero-order chi connectivity index (χ0) is 18.5. The van der Waals surface area contributed by atoms with Gasteiger partial charge in [0.1, 0.15) is 5.82 Å². The number of piperazine rings is 1. The average molecular weight is 379 g/mol. The third kappa shape index (κ3) is 4.25. The maximum atomic E-state index is 12.7. The first-order chi connectivity index (χ1) is 12.6. The summed E-state index contributed by atoms with van der Waals surface area (Å²) in [6.07, 6.45) is 3.35. The van der Waals surface area contributed by atoms with E-state index in [1.54, 1.807) is 24.2 Å². The number of halogens is 1. The Bertz CT molecular complexity index is 727. The molecule has 1 fully saturated rings. The van der Waals surface area contributed by atoms with Gasteiger partial charge in [-0.05, 0) is 18.2 Å². The second kappa shape index (κ2) is 8.37. The van der Waals surface area contributed by atoms with Crippen molar-refractivity contribution in [1.29, 1.82) is 0 Å². The predicted molar refractivity (Wildman–Crippen MR) is 99.4 cm³/mol. The minimum Gasteiger partial charge on any atom is -0.382 e. The molecule has 140 valence electrons. The maximum absolute atomic E-state index is 12.7. The number of amides is 2. The molecule has 0 radical (unpaired) electrons. The summed E-state index contributed by atoms with van der Waals surface area (Å²) in [5.41, 5.74) is 0.907. The highest BCUT2D eigenvalue weighted by Gasteiger charge is 2.25. The highest BCUT2D eigenvalue weighted by molar-refractivity contribution is 6.30. The van der Waals surface area contributed by atoms with Gasteiger partial charge in [-0.1, -0.05) is 11.6 Å². The summed E-state index contributed by atoms with van der Waals surface area (Å²) in [5, 5.41) is 7.82. The lowest BCUT2D eigenvalue weighted by atomic mass is 10.2. The Morgan fingerprint density at radius 1 is 1.31 bits per heavy atom. The molecular weight excluding hydrogens is 356 g/mol. The van der Waals surface area contributed by atoms with Crippen molar-refractivity contribution in [3.63, 3.8) is 0 Å². The quantitative estimate of drug-likeness (QED) is 0.856. The number of nitrogens with zero attached hydrogens (tertiary/aromatic N) is 5. The summed E-state index contributed by atoms with van der Waals surface area (Å²) >= 11 is 5.88. The number of carbonyl (C=O) groups is 1. The Morgan fingerprint density at radius 2 is 2.08 bits per heavy atom. The number of pyridine rings is 1. The Balaban J connectivity index is 1.57. The number of nitrogens with one attached hydrogen (secondary N) is 1. The second-order valence-electron chi connectivity index (χ2n) is 6.15. The van der Waals surface area contributed by atoms with E-state index in [1.807, 2.05) is 30.1 Å². The molecule has 0 unspecified atom stereocenters. The van der Waals surface area contributed by atoms with Crippen LogP contribution in [0.15, 0.2) is 30.6 Å². The van der Waals surface area contributed by atoms with E-state index in [-0.39, 0.29) is 12.1 Å². The van der Waals surface area contributed by atoms with E-state index in [9.17, 15) is 4.79 Å². The molecule has 0 saturated carbocycles. The van der Waals surface area contributed by atoms with E-state index < -0.39 is 0 Å². The monoisotopic (exact) mass is 378 g/mol. The van der Waals surface area contributed by atoms with E-state index in [0.29, 0.717) is 24.7 Å². The molecule has 0 spiro atoms. The molecule has 1 atom stereocenters. The van der Waals surface area contributed by atoms with E-state index in [1.165, 1.54) is 0 Å². The normalized spacial score (nSPS) is 15.8. The molecule has 3 rings (SSSR count). The van der Waals surface area contributed by atoms with Crippen molar-refractivity contribution >= 4 is 23.4 Å². The molecule has 0 aliphatic carbocycles. The van der Waals surface area contributed by atoms with Gasteiger partial charge in [0.15, 0.2) is 0 Å². The van der Waals surface area contributed by atoms with E-state index in [2.05, 4.69) is 20.3 Å². The molecule has 1 aliphatic heterocycles. The molecule has 8 nitrogen and oxygen atoms in total. The molecule has 2 amide bonds. The largest absolute Gasteiger partial charge is 0.382 e. The summed E-state index contributed by atoms with van der Waals surface area (Å²) < 4.78 is 7.00. The van der Waals surface area contributed by atoms with Crippen LogP contribution in [0.5, 0.6) is 0 Å². The lowest BCUT2D eigenvalue weighted by molar-refractivity contribution is 0.151. The summed E-state index contributed by atoms with van der Waals surface area (Å²) in [4.78, 5) is 21.0. The van der Waals surface area contributed by atoms with E-state index in [4.69, 9.17) is 16.3 Å². The van der Waals surface area contributed by atoms with E-state index in [0.717, 1.165) is 24.6 Å². The zero-order valence-corrected chi connectivity index (χ0v) is 15.7. The topological polar surface area (TPSA) is 75.5 Å². The Hall–Kier alpha value is -2.32. The summed E-state index contributed by atoms with van der Waals surface area (Å²) in [6.45, 7) is 3.09. The number of ether oxygens (including phenoxy) is 1. The van der Waals surface area contributed by atoms with Crippen LogP contribution in [0.4, 0.5) is 10.6 Å². The predicted octanol–water partition coefficient (Wildman–Crippen LogP) is 1.69. The number of urea groups is 1. The average Bonchev–Trinajstić information content (AvgIpc) is 3.08. The van der Waals surface area contributed by atoms with Gasteiger partial charge in [-0.3, -0.25) is 4.68 Å². The third-order valence-corrected chi connectivity index (χ3v) is 4.67. The summed E-state index contributed by atoms with van der Waals surface area (Å²) in [6, 6.07) is 5.27. The number of rotatable bonds is 5. The molecular formula is C17H23ClN6O2. The molecule has 1 saturated heterocycles. The number of carbonyl (C=O) groups excluding carboxylic acids is 1. The first-order valence-corrected chi connectivity index (χ1v) is 8.85. The number of hydrogen-bond acceptors (Lipinski definition) is 5. The van der Waals surface area contributed by atoms with Gasteiger partial charge in [0, 0.05) is 52.7 Å². The van der Waals surface area contributed by atoms with Crippen molar-refractivity contribution in [1.82, 2.24) is 25.0 Å². The van der Waals surface area contributed by atoms with Gasteiger partial charge in [0.25, 0.3) is 0 Å². The van der Waals surface area contributed by atoms with Crippen molar-refractivity contribution in [2.24, 2.45) is 7.05 Å². The first-order valence-electron chi connectivity index (χ1n) is 8.47. The van der Waals surface area contributed by atoms with Crippen LogP contribution < -0.4 is 10.2 Å². The van der Waals surface area contributed by atoms with Gasteiger partial charge in [-0.15, -0.1) is 0 Å². The summed E-state index contributed by atoms with van der Waals surface area (Å²) in [7, 11) is 3.47. The minimum atomic E-state index is -0.240. The molecule has 26 heavy (non-hydrogen) atoms. The molecule has 9 heteroatoms. The molecule has 2 aromatic heterocycles. The van der Waals surface area contributed by atoms with Gasteiger partial charge in [-0.2, -0.15) is 5.10 Å². The van der Waals surface area contributed by atoms with Gasteiger partial charge in [-0.25, -0.2) is 9.78 Å². The van der Waals surface area contributed by atoms with Crippen molar-refractivity contribution in [2.45, 2.75) is 6.04 Å². The number of methoxy groups -OCH3 is 1. The molecule has 1 N–H and O–H groups in total. The van der Waals surface area contributed by atoms with Crippen LogP contribution >= 0.6 is 11.6 Å². The Morgan fingerprint density at radius 3 is 2.65 bits per heavy atom. The lowest BCUT2D eigenvalue weighted by Crippen LogP contribution is -2.53. The van der Waals surface area contributed by atoms with Gasteiger partial charge >= 0.3 is 6.03 Å². The van der Waals surface area contributed by atoms with Gasteiger partial charge in [0.05, 0.1) is 23.4 Å². The zero-order valence-electron chi connectivity index (χ0n) is 14.9. The molecule has 0 bridgehead atoms. The van der Waals surface area contributed by atoms with Crippen molar-refractivity contribution in [3.8, 4) is 0 Å². The van der Waals surface area contributed by atoms with Gasteiger partial charge in [0.2, 0.25) is 0 Å². The number of anilines is 1. The fourth-order valence-corrected chi connectivity index (χ4v) is 3.14. The van der Waals surface area contributed by atoms with Crippen LogP contribution in [0, 0.1) is 0 Å². The maximum Gasteiger partial charge on any atom is 0.318 e. The van der Waals surface area contributed by atoms with Crippen LogP contribution in [0.2, 0.25) is 5.02 Å². The van der Waals surface area contributed by atoms with Crippen molar-refractivity contribution in [3.05, 3.63) is 41.3 Å². The van der Waals surface area contributed by atoms with Crippen LogP contribution in [-0.4, -0.2) is 65.6 Å². The standard InChI is InChI=1S/C17H23ClN6O2/c1-22-15(5-6-20-22)14(12-26-2)21-17(25)24-9-7-23(8-10-24)16-4-3-13(18)11-19-16/h3-6,11,14H,7-10,12H2,1-2H3,(H,21,25)/t14-/m0/s1. The highest BCUT2D eigenvalue weighted by atomic mass is 35.5. The van der Waals surface area contributed by atoms with Crippen LogP contribution in [-0.2, 0) is 11.8 Å². The second-order valence-corrected chi connectivity index (χ2v) is 6.58. The van der Waals surface area contributed by atoms with Gasteiger partial charge < -0.3 is 19.9 Å². The Kier molecular flexibility index (Phi) is 5.95. The van der Waals surface area contributed by atoms with Crippen LogP contribution in [0.1, 0.15) is 11.7 Å². The highest BCUT2D eigenvalue weighted by Crippen LogP contribution is 2.17. The number of aryl methyl sites for hydroxylation is 1. The smallest absolute Gasteiger partial charge is 0.318 e. The molecule has 1 aliphatic rings. The Labute approximate surface area is 157 Å². The third-order valence-electron chi connectivity index (χ3n) is 4.45. The number of hydrogen-bond donors (Lipinski definition) is 1. The number of aromatic nitrogens is 3. The molecule has 2 aromatic rings. The SMILES string of the molecule is COC[C@H](NC(=O)N1CCN(c2ccc(Cl)cn2)CC1)c1ccnn1C. The van der Waals surface area contributed by atoms with E-state index >= 15 is 0 Å². The first kappa shape index (κ1) is 18.5. The summed E-state index contributed by atoms with van der Waals surface area (Å²) in [5.74, 6) is 0.876. The van der Waals surface area contributed by atoms with Crippen LogP contribution in [0.25, 0.3) is 0 Å². The fraction of sp³-hybridized carbons (Fsp3) is 0.471. The molecule has 0 aromatic carbocycles. The molecule has 3 heterocycles. The van der Waals surface area contributed by atoms with Crippen molar-refractivity contribution < 1.29 is 9.53 Å². The van der Waals surface area contributed by atoms with Crippen molar-refractivity contribution in [2.75, 3.05) is 44.8 Å². The van der Waals surface area contributed by atoms with Crippen LogP contribution in [0.3, 0.4) is 0 Å². The lowest BCUT2D eigenvalue weighted by Gasteiger charge is -2.36.